The van der Waals surface area contributed by atoms with Gasteiger partial charge in [0.05, 0.1) is 6.10 Å². The van der Waals surface area contributed by atoms with E-state index >= 15 is 0 Å². The number of rotatable bonds is 8. The third kappa shape index (κ3) is 8.26. The molecule has 2 nitrogen and oxygen atoms in total. The molecule has 0 spiro atoms. The Hall–Kier alpha value is -0.0800. The zero-order chi connectivity index (χ0) is 10.1. The van der Waals surface area contributed by atoms with Gasteiger partial charge in [-0.25, -0.2) is 0 Å². The van der Waals surface area contributed by atoms with Crippen LogP contribution in [0, 0.1) is 0 Å². The average molecular weight is 187 g/mol. The van der Waals surface area contributed by atoms with Crippen LogP contribution in [0.4, 0.5) is 0 Å². The Balaban J connectivity index is 3.44. The van der Waals surface area contributed by atoms with Gasteiger partial charge in [0.25, 0.3) is 0 Å². The zero-order valence-corrected chi connectivity index (χ0v) is 9.42. The Bertz CT molecular complexity index is 98.3. The fraction of sp³-hybridized carbons (Fsp3) is 1.00. The van der Waals surface area contributed by atoms with E-state index in [9.17, 15) is 0 Å². The topological polar surface area (TPSA) is 23.5 Å². The Kier molecular flexibility index (Phi) is 8.46. The largest absolute Gasteiger partial charge is 0.393 e. The highest BCUT2D eigenvalue weighted by Crippen LogP contribution is 2.01. The van der Waals surface area contributed by atoms with E-state index in [0.717, 1.165) is 19.4 Å². The summed E-state index contributed by atoms with van der Waals surface area (Å²) in [5.41, 5.74) is 0. The maximum atomic E-state index is 9.11. The van der Waals surface area contributed by atoms with Crippen molar-refractivity contribution >= 4 is 0 Å². The van der Waals surface area contributed by atoms with E-state index in [0.29, 0.717) is 0 Å². The fourth-order valence-corrected chi connectivity index (χ4v) is 1.58. The minimum absolute atomic E-state index is 0.134. The van der Waals surface area contributed by atoms with E-state index in [1.807, 2.05) is 6.92 Å². The average Bonchev–Trinajstić information content (AvgIpc) is 2.04. The van der Waals surface area contributed by atoms with E-state index in [-0.39, 0.29) is 6.10 Å². The highest BCUT2D eigenvalue weighted by Gasteiger charge is 2.02. The molecular formula is C11H25NO. The molecule has 0 aliphatic carbocycles. The van der Waals surface area contributed by atoms with Gasteiger partial charge < -0.3 is 10.0 Å². The maximum Gasteiger partial charge on any atom is 0.0512 e. The summed E-state index contributed by atoms with van der Waals surface area (Å²) >= 11 is 0. The molecule has 2 heteroatoms. The van der Waals surface area contributed by atoms with Crippen LogP contribution in [0.1, 0.15) is 46.5 Å². The summed E-state index contributed by atoms with van der Waals surface area (Å²) in [7, 11) is 0. The molecule has 0 fully saturated rings. The Morgan fingerprint density at radius 2 is 1.62 bits per heavy atom. The molecule has 0 saturated carbocycles. The Morgan fingerprint density at radius 3 is 2.00 bits per heavy atom. The van der Waals surface area contributed by atoms with E-state index < -0.39 is 0 Å². The van der Waals surface area contributed by atoms with Crippen molar-refractivity contribution in [1.29, 1.82) is 0 Å². The highest BCUT2D eigenvalue weighted by atomic mass is 16.3. The van der Waals surface area contributed by atoms with Gasteiger partial charge in [0.15, 0.2) is 0 Å². The molecule has 1 unspecified atom stereocenters. The lowest BCUT2D eigenvalue weighted by atomic mass is 10.2. The molecule has 0 aliphatic heterocycles. The summed E-state index contributed by atoms with van der Waals surface area (Å²) in [4.78, 5) is 2.49. The monoisotopic (exact) mass is 187 g/mol. The van der Waals surface area contributed by atoms with Crippen LogP contribution in [0.3, 0.4) is 0 Å². The molecule has 0 bridgehead atoms. The first-order valence-electron chi connectivity index (χ1n) is 5.61. The summed E-state index contributed by atoms with van der Waals surface area (Å²) < 4.78 is 0. The molecule has 0 aromatic heterocycles. The van der Waals surface area contributed by atoms with Crippen molar-refractivity contribution in [3.05, 3.63) is 0 Å². The third-order valence-corrected chi connectivity index (χ3v) is 2.18. The first kappa shape index (κ1) is 12.9. The summed E-state index contributed by atoms with van der Waals surface area (Å²) in [6.45, 7) is 9.85. The summed E-state index contributed by atoms with van der Waals surface area (Å²) in [6, 6.07) is 0. The lowest BCUT2D eigenvalue weighted by Gasteiger charge is -2.20. The van der Waals surface area contributed by atoms with Crippen LogP contribution in [-0.4, -0.2) is 35.7 Å². The molecule has 0 rings (SSSR count). The van der Waals surface area contributed by atoms with Gasteiger partial charge in [0.1, 0.15) is 0 Å². The van der Waals surface area contributed by atoms with Gasteiger partial charge in [-0.1, -0.05) is 13.8 Å². The second-order valence-electron chi connectivity index (χ2n) is 3.83. The molecule has 0 amide bonds. The molecule has 1 N–H and O–H groups in total. The maximum absolute atomic E-state index is 9.11. The van der Waals surface area contributed by atoms with Crippen LogP contribution >= 0.6 is 0 Å². The quantitative estimate of drug-likeness (QED) is 0.630. The van der Waals surface area contributed by atoms with Gasteiger partial charge in [-0.05, 0) is 52.2 Å². The summed E-state index contributed by atoms with van der Waals surface area (Å²) in [5.74, 6) is 0. The number of hydrogen-bond donors (Lipinski definition) is 1. The predicted octanol–water partition coefficient (Wildman–Crippen LogP) is 2.27. The van der Waals surface area contributed by atoms with Crippen LogP contribution in [-0.2, 0) is 0 Å². The van der Waals surface area contributed by atoms with Gasteiger partial charge in [-0.15, -0.1) is 0 Å². The van der Waals surface area contributed by atoms with E-state index in [1.54, 1.807) is 0 Å². The van der Waals surface area contributed by atoms with Crippen LogP contribution < -0.4 is 0 Å². The molecule has 0 aromatic rings. The van der Waals surface area contributed by atoms with Crippen LogP contribution in [0.15, 0.2) is 0 Å². The van der Waals surface area contributed by atoms with E-state index in [1.165, 1.54) is 25.9 Å². The standard InChI is InChI=1S/C11H25NO/c1-4-8-12(9-5-2)10-6-7-11(3)13/h11,13H,4-10H2,1-3H3. The molecule has 80 valence electrons. The van der Waals surface area contributed by atoms with Gasteiger partial charge in [-0.3, -0.25) is 0 Å². The van der Waals surface area contributed by atoms with Crippen LogP contribution in [0.2, 0.25) is 0 Å². The molecule has 0 saturated heterocycles. The molecule has 0 aliphatic rings. The zero-order valence-electron chi connectivity index (χ0n) is 9.42. The molecule has 13 heavy (non-hydrogen) atoms. The van der Waals surface area contributed by atoms with Gasteiger partial charge in [0.2, 0.25) is 0 Å². The first-order valence-corrected chi connectivity index (χ1v) is 5.61. The van der Waals surface area contributed by atoms with Gasteiger partial charge in [-0.2, -0.15) is 0 Å². The van der Waals surface area contributed by atoms with Crippen molar-refractivity contribution in [2.45, 2.75) is 52.6 Å². The van der Waals surface area contributed by atoms with Gasteiger partial charge in [0, 0.05) is 0 Å². The van der Waals surface area contributed by atoms with Crippen molar-refractivity contribution in [3.63, 3.8) is 0 Å². The minimum Gasteiger partial charge on any atom is -0.393 e. The number of hydrogen-bond acceptors (Lipinski definition) is 2. The fourth-order valence-electron chi connectivity index (χ4n) is 1.58. The van der Waals surface area contributed by atoms with Crippen LogP contribution in [0.25, 0.3) is 0 Å². The second kappa shape index (κ2) is 8.52. The third-order valence-electron chi connectivity index (χ3n) is 2.18. The second-order valence-corrected chi connectivity index (χ2v) is 3.83. The number of aliphatic hydroxyl groups is 1. The van der Waals surface area contributed by atoms with Crippen molar-refractivity contribution < 1.29 is 5.11 Å². The van der Waals surface area contributed by atoms with Crippen molar-refractivity contribution in [3.8, 4) is 0 Å². The summed E-state index contributed by atoms with van der Waals surface area (Å²) in [5, 5.41) is 9.11. The van der Waals surface area contributed by atoms with E-state index in [4.69, 9.17) is 5.11 Å². The Morgan fingerprint density at radius 1 is 1.08 bits per heavy atom. The molecule has 0 aromatic carbocycles. The molecule has 1 atom stereocenters. The first-order chi connectivity index (χ1) is 6.20. The smallest absolute Gasteiger partial charge is 0.0512 e. The normalized spacial score (nSPS) is 13.6. The SMILES string of the molecule is CCCN(CCC)CCCC(C)O. The van der Waals surface area contributed by atoms with Crippen molar-refractivity contribution in [1.82, 2.24) is 4.90 Å². The lowest BCUT2D eigenvalue weighted by molar-refractivity contribution is 0.170. The highest BCUT2D eigenvalue weighted by molar-refractivity contribution is 4.57. The van der Waals surface area contributed by atoms with Crippen molar-refractivity contribution in [2.75, 3.05) is 19.6 Å². The van der Waals surface area contributed by atoms with Gasteiger partial charge >= 0.3 is 0 Å². The van der Waals surface area contributed by atoms with Crippen molar-refractivity contribution in [2.24, 2.45) is 0 Å². The molecule has 0 heterocycles. The minimum atomic E-state index is -0.134. The van der Waals surface area contributed by atoms with Crippen LogP contribution in [0.5, 0.6) is 0 Å². The Labute approximate surface area is 82.9 Å². The summed E-state index contributed by atoms with van der Waals surface area (Å²) in [6.07, 6.45) is 4.38. The molecule has 0 radical (unpaired) electrons. The lowest BCUT2D eigenvalue weighted by Crippen LogP contribution is -2.27. The predicted molar refractivity (Wildman–Crippen MR) is 57.9 cm³/mol. The number of nitrogens with zero attached hydrogens (tertiary/aromatic N) is 1. The van der Waals surface area contributed by atoms with E-state index in [2.05, 4.69) is 18.7 Å². The number of aliphatic hydroxyl groups excluding tert-OH is 1. The molecular weight excluding hydrogens is 162 g/mol.